The van der Waals surface area contributed by atoms with Gasteiger partial charge in [-0.25, -0.2) is 0 Å². The Labute approximate surface area is 436 Å². The van der Waals surface area contributed by atoms with Gasteiger partial charge in [0, 0.05) is 12.8 Å². The van der Waals surface area contributed by atoms with Crippen LogP contribution in [-0.2, 0) is 32.7 Å². The number of phosphoric acid groups is 1. The summed E-state index contributed by atoms with van der Waals surface area (Å²) in [6, 6.07) is 0. The van der Waals surface area contributed by atoms with Crippen LogP contribution in [0.2, 0.25) is 0 Å². The summed E-state index contributed by atoms with van der Waals surface area (Å²) in [5, 5.41) is 0. The molecule has 0 aliphatic rings. The second kappa shape index (κ2) is 51.6. The number of nitrogens with zero attached hydrogens (tertiary/aromatic N) is 1. The van der Waals surface area contributed by atoms with Gasteiger partial charge in [-0.1, -0.05) is 226 Å². The van der Waals surface area contributed by atoms with E-state index in [0.717, 1.165) is 109 Å². The van der Waals surface area contributed by atoms with Crippen LogP contribution in [0.3, 0.4) is 0 Å². The van der Waals surface area contributed by atoms with E-state index >= 15 is 0 Å². The third-order valence-electron chi connectivity index (χ3n) is 11.6. The monoisotopic (exact) mass is 1010 g/mol. The first-order valence-electron chi connectivity index (χ1n) is 28.1. The van der Waals surface area contributed by atoms with Crippen LogP contribution < -0.4 is 4.89 Å². The third kappa shape index (κ3) is 55.8. The van der Waals surface area contributed by atoms with E-state index in [1.807, 2.05) is 21.1 Å². The van der Waals surface area contributed by atoms with Gasteiger partial charge in [0.25, 0.3) is 7.82 Å². The molecule has 0 aromatic carbocycles. The summed E-state index contributed by atoms with van der Waals surface area (Å²) in [6.07, 6.45) is 71.9. The van der Waals surface area contributed by atoms with Crippen LogP contribution in [0.4, 0.5) is 0 Å². The van der Waals surface area contributed by atoms with Gasteiger partial charge in [0.05, 0.1) is 27.7 Å². The molecule has 0 N–H and O–H groups in total. The van der Waals surface area contributed by atoms with Gasteiger partial charge in [0.2, 0.25) is 0 Å². The van der Waals surface area contributed by atoms with E-state index < -0.39 is 32.5 Å². The van der Waals surface area contributed by atoms with E-state index in [-0.39, 0.29) is 26.1 Å². The zero-order chi connectivity index (χ0) is 52.0. The molecule has 0 saturated heterocycles. The lowest BCUT2D eigenvalue weighted by atomic mass is 10.0. The number of hydrogen-bond donors (Lipinski definition) is 0. The Morgan fingerprint density at radius 3 is 1.20 bits per heavy atom. The number of rotatable bonds is 50. The molecule has 2 atom stereocenters. The molecule has 0 bridgehead atoms. The molecule has 9 nitrogen and oxygen atoms in total. The molecular formula is C61H104NO8P. The number of carbonyl (C=O) groups is 2. The van der Waals surface area contributed by atoms with Crippen molar-refractivity contribution in [3.05, 3.63) is 109 Å². The number of esters is 2. The number of quaternary nitrogens is 1. The molecule has 0 amide bonds. The van der Waals surface area contributed by atoms with Crippen LogP contribution in [0.5, 0.6) is 0 Å². The lowest BCUT2D eigenvalue weighted by Gasteiger charge is -2.28. The average molecular weight is 1010 g/mol. The maximum atomic E-state index is 12.7. The summed E-state index contributed by atoms with van der Waals surface area (Å²) in [7, 11) is 1.16. The first-order chi connectivity index (χ1) is 34.5. The Morgan fingerprint density at radius 1 is 0.451 bits per heavy atom. The van der Waals surface area contributed by atoms with Crippen LogP contribution in [0, 0.1) is 0 Å². The maximum Gasteiger partial charge on any atom is 0.306 e. The number of ether oxygens (including phenoxy) is 2. The molecule has 0 rings (SSSR count). The Kier molecular flexibility index (Phi) is 49.1. The quantitative estimate of drug-likeness (QED) is 0.0195. The molecule has 406 valence electrons. The number of likely N-dealkylation sites (N-methyl/N-ethyl adjacent to an activating group) is 1. The smallest absolute Gasteiger partial charge is 0.306 e. The largest absolute Gasteiger partial charge is 0.756 e. The molecule has 0 radical (unpaired) electrons. The second-order valence-electron chi connectivity index (χ2n) is 19.6. The molecule has 0 fully saturated rings. The lowest BCUT2D eigenvalue weighted by molar-refractivity contribution is -0.870. The van der Waals surface area contributed by atoms with E-state index in [1.54, 1.807) is 0 Å². The van der Waals surface area contributed by atoms with Gasteiger partial charge in [0.15, 0.2) is 6.10 Å². The molecule has 0 spiro atoms. The highest BCUT2D eigenvalue weighted by molar-refractivity contribution is 7.45. The average Bonchev–Trinajstić information content (AvgIpc) is 3.33. The summed E-state index contributed by atoms with van der Waals surface area (Å²) >= 11 is 0. The third-order valence-corrected chi connectivity index (χ3v) is 12.5. The van der Waals surface area contributed by atoms with Crippen molar-refractivity contribution < 1.29 is 42.1 Å². The molecule has 10 heteroatoms. The SMILES string of the molecule is CC/C=C\C/C=C\C/C=C\C/C=C\C/C=C\C/C=C\C/C=C\C/C=C\C/C=C\CCCCCCCCCCCCCCCC(=O)OC(COC(=O)CCCCCCCC)COP(=O)([O-])OCC[N+](C)(C)C. The Balaban J connectivity index is 3.91. The molecule has 0 aliphatic carbocycles. The number of carbonyl (C=O) groups excluding carboxylic acids is 2. The van der Waals surface area contributed by atoms with Gasteiger partial charge >= 0.3 is 11.9 Å². The molecule has 0 aromatic heterocycles. The van der Waals surface area contributed by atoms with Crippen LogP contribution in [0.25, 0.3) is 0 Å². The number of allylic oxidation sites excluding steroid dienone is 18. The van der Waals surface area contributed by atoms with Crippen molar-refractivity contribution in [2.24, 2.45) is 0 Å². The number of phosphoric ester groups is 1. The lowest BCUT2D eigenvalue weighted by Crippen LogP contribution is -2.37. The van der Waals surface area contributed by atoms with E-state index in [1.165, 1.54) is 70.6 Å². The highest BCUT2D eigenvalue weighted by Gasteiger charge is 2.21. The van der Waals surface area contributed by atoms with Crippen molar-refractivity contribution in [1.29, 1.82) is 0 Å². The van der Waals surface area contributed by atoms with E-state index in [0.29, 0.717) is 17.4 Å². The van der Waals surface area contributed by atoms with Gasteiger partial charge in [0.1, 0.15) is 19.8 Å². The van der Waals surface area contributed by atoms with Gasteiger partial charge < -0.3 is 27.9 Å². The zero-order valence-corrected chi connectivity index (χ0v) is 46.8. The van der Waals surface area contributed by atoms with Crippen molar-refractivity contribution >= 4 is 19.8 Å². The molecule has 0 saturated carbocycles. The van der Waals surface area contributed by atoms with Crippen LogP contribution in [0.15, 0.2) is 109 Å². The van der Waals surface area contributed by atoms with Crippen molar-refractivity contribution in [1.82, 2.24) is 0 Å². The highest BCUT2D eigenvalue weighted by atomic mass is 31.2. The fraction of sp³-hybridized carbons (Fsp3) is 0.672. The fourth-order valence-corrected chi connectivity index (χ4v) is 7.96. The Morgan fingerprint density at radius 2 is 0.803 bits per heavy atom. The molecule has 2 unspecified atom stereocenters. The molecule has 0 aliphatic heterocycles. The van der Waals surface area contributed by atoms with Gasteiger partial charge in [-0.05, 0) is 83.5 Å². The predicted octanol–water partition coefficient (Wildman–Crippen LogP) is 16.8. The van der Waals surface area contributed by atoms with E-state index in [9.17, 15) is 19.0 Å². The first kappa shape index (κ1) is 67.7. The van der Waals surface area contributed by atoms with E-state index in [4.69, 9.17) is 18.5 Å². The normalized spacial score (nSPS) is 14.2. The van der Waals surface area contributed by atoms with Gasteiger partial charge in [-0.2, -0.15) is 0 Å². The van der Waals surface area contributed by atoms with Gasteiger partial charge in [-0.3, -0.25) is 14.2 Å². The summed E-state index contributed by atoms with van der Waals surface area (Å²) in [6.45, 7) is 4.03. The van der Waals surface area contributed by atoms with Crippen molar-refractivity contribution in [2.45, 2.75) is 219 Å². The summed E-state index contributed by atoms with van der Waals surface area (Å²) in [5.74, 6) is -0.849. The molecule has 71 heavy (non-hydrogen) atoms. The Bertz CT molecular complexity index is 1570. The minimum atomic E-state index is -4.62. The Hall–Kier alpha value is -3.33. The topological polar surface area (TPSA) is 111 Å². The van der Waals surface area contributed by atoms with Crippen LogP contribution >= 0.6 is 7.82 Å². The summed E-state index contributed by atoms with van der Waals surface area (Å²) in [4.78, 5) is 37.4. The molecule has 0 aromatic rings. The molecule has 0 heterocycles. The van der Waals surface area contributed by atoms with Crippen LogP contribution in [0.1, 0.15) is 213 Å². The first-order valence-corrected chi connectivity index (χ1v) is 29.6. The minimum absolute atomic E-state index is 0.0338. The van der Waals surface area contributed by atoms with Crippen molar-refractivity contribution in [3.8, 4) is 0 Å². The fourth-order valence-electron chi connectivity index (χ4n) is 7.24. The highest BCUT2D eigenvalue weighted by Crippen LogP contribution is 2.38. The van der Waals surface area contributed by atoms with Crippen molar-refractivity contribution in [2.75, 3.05) is 47.5 Å². The van der Waals surface area contributed by atoms with Gasteiger partial charge in [-0.15, -0.1) is 0 Å². The second-order valence-corrected chi connectivity index (χ2v) is 21.0. The predicted molar refractivity (Wildman–Crippen MR) is 300 cm³/mol. The molecular weight excluding hydrogens is 906 g/mol. The van der Waals surface area contributed by atoms with Crippen LogP contribution in [-0.4, -0.2) is 70.0 Å². The minimum Gasteiger partial charge on any atom is -0.756 e. The zero-order valence-electron chi connectivity index (χ0n) is 45.9. The summed E-state index contributed by atoms with van der Waals surface area (Å²) in [5.41, 5.74) is 0. The van der Waals surface area contributed by atoms with E-state index in [2.05, 4.69) is 123 Å². The van der Waals surface area contributed by atoms with Crippen molar-refractivity contribution in [3.63, 3.8) is 0 Å². The summed E-state index contributed by atoms with van der Waals surface area (Å²) < 4.78 is 33.8. The maximum absolute atomic E-state index is 12.7. The number of unbranched alkanes of at least 4 members (excludes halogenated alkanes) is 18. The number of hydrogen-bond acceptors (Lipinski definition) is 8. The standard InChI is InChI=1S/C61H104NO8P/c1-6-8-10-12-14-15-16-17-18-19-20-21-22-23-24-25-26-27-28-29-30-31-32-33-34-35-36-37-38-39-40-41-42-43-44-45-46-47-48-50-52-54-61(64)70-59(57-67-60(63)53-51-49-13-11-9-7-2)58-69-71(65,66)68-56-55-62(3,4)5/h8,10,14-15,17-18,20-21,23-24,26-27,29-30,32-33,35-36,59H,6-7,9,11-13,16,19,22,25,28,31,34,37-58H2,1-5H3/b10-8-,15-14-,18-17-,21-20-,24-23-,27-26-,30-29-,33-32-,36-35-.